The first-order valence-electron chi connectivity index (χ1n) is 6.14. The molecular formula is C14H14N2O4S. The molecule has 2 aromatic rings. The SMILES string of the molecule is Cc1cccc(NS(=O)(=O)c2cc([N+](=O)[O-])ccc2C)c1. The summed E-state index contributed by atoms with van der Waals surface area (Å²) in [6.45, 7) is 3.44. The molecule has 0 saturated heterocycles. The molecule has 2 rings (SSSR count). The summed E-state index contributed by atoms with van der Waals surface area (Å²) in [4.78, 5) is 10.1. The van der Waals surface area contributed by atoms with Crippen LogP contribution >= 0.6 is 0 Å². The Hall–Kier alpha value is -2.41. The Kier molecular flexibility index (Phi) is 3.95. The van der Waals surface area contributed by atoms with Gasteiger partial charge in [-0.25, -0.2) is 8.42 Å². The molecule has 7 heteroatoms. The van der Waals surface area contributed by atoms with Crippen molar-refractivity contribution in [3.8, 4) is 0 Å². The molecule has 0 aliphatic heterocycles. The quantitative estimate of drug-likeness (QED) is 0.694. The molecule has 0 aromatic heterocycles. The number of sulfonamides is 1. The molecule has 21 heavy (non-hydrogen) atoms. The second-order valence-corrected chi connectivity index (χ2v) is 6.33. The molecule has 0 saturated carbocycles. The summed E-state index contributed by atoms with van der Waals surface area (Å²) in [5, 5.41) is 10.8. The van der Waals surface area contributed by atoms with Crippen LogP contribution in [0.1, 0.15) is 11.1 Å². The number of anilines is 1. The predicted molar refractivity (Wildman–Crippen MR) is 79.8 cm³/mol. The zero-order chi connectivity index (χ0) is 15.6. The van der Waals surface area contributed by atoms with Crippen molar-refractivity contribution in [2.45, 2.75) is 18.7 Å². The first-order valence-corrected chi connectivity index (χ1v) is 7.62. The third-order valence-corrected chi connectivity index (χ3v) is 4.47. The average Bonchev–Trinajstić information content (AvgIpc) is 2.38. The van der Waals surface area contributed by atoms with Gasteiger partial charge in [-0.2, -0.15) is 0 Å². The lowest BCUT2D eigenvalue weighted by Crippen LogP contribution is -2.14. The standard InChI is InChI=1S/C14H14N2O4S/c1-10-4-3-5-12(8-10)15-21(19,20)14-9-13(16(17)18)7-6-11(14)2/h3-9,15H,1-2H3. The summed E-state index contributed by atoms with van der Waals surface area (Å²) in [7, 11) is -3.87. The zero-order valence-electron chi connectivity index (χ0n) is 11.5. The lowest BCUT2D eigenvalue weighted by atomic mass is 10.2. The van der Waals surface area contributed by atoms with E-state index in [-0.39, 0.29) is 10.6 Å². The molecule has 0 amide bonds. The van der Waals surface area contributed by atoms with Crippen LogP contribution in [0.5, 0.6) is 0 Å². The van der Waals surface area contributed by atoms with Gasteiger partial charge in [0.25, 0.3) is 15.7 Å². The van der Waals surface area contributed by atoms with Gasteiger partial charge in [0.1, 0.15) is 0 Å². The number of hydrogen-bond donors (Lipinski definition) is 1. The van der Waals surface area contributed by atoms with Crippen molar-refractivity contribution in [3.05, 3.63) is 63.7 Å². The highest BCUT2D eigenvalue weighted by Crippen LogP contribution is 2.24. The smallest absolute Gasteiger partial charge is 0.270 e. The Morgan fingerprint density at radius 1 is 1.10 bits per heavy atom. The molecule has 2 aromatic carbocycles. The lowest BCUT2D eigenvalue weighted by Gasteiger charge is -2.10. The number of non-ortho nitro benzene ring substituents is 1. The molecule has 0 radical (unpaired) electrons. The number of nitro groups is 1. The van der Waals surface area contributed by atoms with Crippen molar-refractivity contribution in [2.75, 3.05) is 4.72 Å². The highest BCUT2D eigenvalue weighted by Gasteiger charge is 2.20. The van der Waals surface area contributed by atoms with Crippen LogP contribution in [0.4, 0.5) is 11.4 Å². The molecule has 0 spiro atoms. The summed E-state index contributed by atoms with van der Waals surface area (Å²) in [5.74, 6) is 0. The van der Waals surface area contributed by atoms with Crippen LogP contribution in [0, 0.1) is 24.0 Å². The Morgan fingerprint density at radius 2 is 1.81 bits per heavy atom. The van der Waals surface area contributed by atoms with Gasteiger partial charge in [-0.3, -0.25) is 14.8 Å². The van der Waals surface area contributed by atoms with Crippen LogP contribution in [0.2, 0.25) is 0 Å². The Labute approximate surface area is 122 Å². The minimum absolute atomic E-state index is 0.0989. The topological polar surface area (TPSA) is 89.3 Å². The Bertz CT molecular complexity index is 800. The number of aryl methyl sites for hydroxylation is 2. The molecule has 0 bridgehead atoms. The minimum Gasteiger partial charge on any atom is -0.280 e. The van der Waals surface area contributed by atoms with Gasteiger partial charge in [-0.15, -0.1) is 0 Å². The van der Waals surface area contributed by atoms with E-state index in [0.29, 0.717) is 11.3 Å². The molecule has 0 unspecified atom stereocenters. The summed E-state index contributed by atoms with van der Waals surface area (Å²) in [6, 6.07) is 10.6. The molecule has 110 valence electrons. The minimum atomic E-state index is -3.87. The summed E-state index contributed by atoms with van der Waals surface area (Å²) in [6.07, 6.45) is 0. The highest BCUT2D eigenvalue weighted by molar-refractivity contribution is 7.92. The van der Waals surface area contributed by atoms with Crippen molar-refractivity contribution in [1.29, 1.82) is 0 Å². The van der Waals surface area contributed by atoms with E-state index in [9.17, 15) is 18.5 Å². The van der Waals surface area contributed by atoms with E-state index in [0.717, 1.165) is 11.6 Å². The van der Waals surface area contributed by atoms with Gasteiger partial charge in [0.05, 0.1) is 9.82 Å². The molecule has 0 atom stereocenters. The third-order valence-electron chi connectivity index (χ3n) is 2.94. The number of rotatable bonds is 4. The van der Waals surface area contributed by atoms with E-state index in [1.165, 1.54) is 12.1 Å². The van der Waals surface area contributed by atoms with Crippen molar-refractivity contribution in [3.63, 3.8) is 0 Å². The maximum Gasteiger partial charge on any atom is 0.270 e. The van der Waals surface area contributed by atoms with Crippen LogP contribution in [0.25, 0.3) is 0 Å². The fourth-order valence-electron chi connectivity index (χ4n) is 1.91. The van der Waals surface area contributed by atoms with Gasteiger partial charge in [-0.1, -0.05) is 18.2 Å². The van der Waals surface area contributed by atoms with Crippen LogP contribution in [0.15, 0.2) is 47.4 Å². The Morgan fingerprint density at radius 3 is 2.43 bits per heavy atom. The van der Waals surface area contributed by atoms with E-state index < -0.39 is 14.9 Å². The predicted octanol–water partition coefficient (Wildman–Crippen LogP) is 3.01. The van der Waals surface area contributed by atoms with Gasteiger partial charge in [0, 0.05) is 17.8 Å². The Balaban J connectivity index is 2.44. The number of nitrogens with zero attached hydrogens (tertiary/aromatic N) is 1. The molecule has 0 fully saturated rings. The number of hydrogen-bond acceptors (Lipinski definition) is 4. The van der Waals surface area contributed by atoms with Gasteiger partial charge < -0.3 is 0 Å². The fourth-order valence-corrected chi connectivity index (χ4v) is 3.23. The molecule has 0 aliphatic carbocycles. The van der Waals surface area contributed by atoms with Gasteiger partial charge in [-0.05, 0) is 37.1 Å². The van der Waals surface area contributed by atoms with E-state index >= 15 is 0 Å². The number of nitro benzene ring substituents is 1. The molecule has 0 aliphatic rings. The normalized spacial score (nSPS) is 11.1. The molecule has 0 heterocycles. The van der Waals surface area contributed by atoms with E-state index in [1.807, 2.05) is 13.0 Å². The third kappa shape index (κ3) is 3.38. The monoisotopic (exact) mass is 306 g/mol. The number of nitrogens with one attached hydrogen (secondary N) is 1. The summed E-state index contributed by atoms with van der Waals surface area (Å²) < 4.78 is 27.2. The summed E-state index contributed by atoms with van der Waals surface area (Å²) in [5.41, 5.74) is 1.51. The first-order chi connectivity index (χ1) is 9.79. The van der Waals surface area contributed by atoms with Crippen LogP contribution in [0.3, 0.4) is 0 Å². The van der Waals surface area contributed by atoms with Gasteiger partial charge in [0.15, 0.2) is 0 Å². The van der Waals surface area contributed by atoms with Crippen LogP contribution < -0.4 is 4.72 Å². The maximum absolute atomic E-state index is 12.4. The van der Waals surface area contributed by atoms with Crippen molar-refractivity contribution >= 4 is 21.4 Å². The van der Waals surface area contributed by atoms with Crippen molar-refractivity contribution in [1.82, 2.24) is 0 Å². The maximum atomic E-state index is 12.4. The van der Waals surface area contributed by atoms with E-state index in [4.69, 9.17) is 0 Å². The molecule has 1 N–H and O–H groups in total. The van der Waals surface area contributed by atoms with Gasteiger partial charge >= 0.3 is 0 Å². The molecular weight excluding hydrogens is 292 g/mol. The molecule has 6 nitrogen and oxygen atoms in total. The second-order valence-electron chi connectivity index (χ2n) is 4.68. The van der Waals surface area contributed by atoms with E-state index in [1.54, 1.807) is 25.1 Å². The van der Waals surface area contributed by atoms with Crippen molar-refractivity contribution in [2.24, 2.45) is 0 Å². The van der Waals surface area contributed by atoms with E-state index in [2.05, 4.69) is 4.72 Å². The summed E-state index contributed by atoms with van der Waals surface area (Å²) >= 11 is 0. The number of benzene rings is 2. The van der Waals surface area contributed by atoms with Crippen LogP contribution in [-0.2, 0) is 10.0 Å². The van der Waals surface area contributed by atoms with Crippen LogP contribution in [-0.4, -0.2) is 13.3 Å². The lowest BCUT2D eigenvalue weighted by molar-refractivity contribution is -0.385. The van der Waals surface area contributed by atoms with Crippen molar-refractivity contribution < 1.29 is 13.3 Å². The van der Waals surface area contributed by atoms with Gasteiger partial charge in [0.2, 0.25) is 0 Å². The highest BCUT2D eigenvalue weighted by atomic mass is 32.2. The fraction of sp³-hybridized carbons (Fsp3) is 0.143. The first kappa shape index (κ1) is 15.0. The zero-order valence-corrected chi connectivity index (χ0v) is 12.3. The second kappa shape index (κ2) is 5.53. The largest absolute Gasteiger partial charge is 0.280 e. The average molecular weight is 306 g/mol.